The highest BCUT2D eigenvalue weighted by atomic mass is 79.9. The van der Waals surface area contributed by atoms with Crippen molar-refractivity contribution in [3.63, 3.8) is 0 Å². The minimum Gasteiger partial charge on any atom is -0.293 e. The van der Waals surface area contributed by atoms with Gasteiger partial charge in [-0.05, 0) is 41.3 Å². The number of rotatable bonds is 3. The van der Waals surface area contributed by atoms with E-state index in [1.807, 2.05) is 6.07 Å². The molecule has 0 amide bonds. The smallest absolute Gasteiger partial charge is 0.178 e. The molecule has 0 aromatic carbocycles. The molecule has 2 rings (SSSR count). The third-order valence-corrected chi connectivity index (χ3v) is 6.06. The molecule has 4 heteroatoms. The van der Waals surface area contributed by atoms with Crippen LogP contribution in [0.3, 0.4) is 0 Å². The topological polar surface area (TPSA) is 17.1 Å². The van der Waals surface area contributed by atoms with Crippen molar-refractivity contribution >= 4 is 44.7 Å². The highest BCUT2D eigenvalue weighted by Gasteiger charge is 2.40. The number of thiophene rings is 1. The number of hydrogen-bond acceptors (Lipinski definition) is 2. The largest absolute Gasteiger partial charge is 0.293 e. The molecule has 1 saturated carbocycles. The van der Waals surface area contributed by atoms with Crippen molar-refractivity contribution in [2.75, 3.05) is 0 Å². The van der Waals surface area contributed by atoms with Crippen LogP contribution in [0.15, 0.2) is 10.5 Å². The van der Waals surface area contributed by atoms with Crippen LogP contribution in [-0.2, 0) is 0 Å². The number of hydrogen-bond donors (Lipinski definition) is 0. The zero-order valence-electron chi connectivity index (χ0n) is 9.19. The van der Waals surface area contributed by atoms with Crippen molar-refractivity contribution in [2.24, 2.45) is 5.41 Å². The van der Waals surface area contributed by atoms with Crippen LogP contribution in [0.1, 0.15) is 48.7 Å². The molecule has 1 aliphatic carbocycles. The first-order valence-corrected chi connectivity index (χ1v) is 7.57. The molecule has 88 valence electrons. The van der Waals surface area contributed by atoms with Gasteiger partial charge in [-0.2, -0.15) is 0 Å². The van der Waals surface area contributed by atoms with Crippen LogP contribution in [0.5, 0.6) is 0 Å². The predicted octanol–water partition coefficient (Wildman–Crippen LogP) is 5.32. The van der Waals surface area contributed by atoms with Gasteiger partial charge in [0.1, 0.15) is 4.34 Å². The second-order valence-corrected chi connectivity index (χ2v) is 6.91. The molecule has 0 spiro atoms. The van der Waals surface area contributed by atoms with E-state index < -0.39 is 0 Å². The Hall–Kier alpha value is 0.140. The Morgan fingerprint density at radius 1 is 1.56 bits per heavy atom. The summed E-state index contributed by atoms with van der Waals surface area (Å²) < 4.78 is 1.51. The van der Waals surface area contributed by atoms with E-state index >= 15 is 0 Å². The molecular formula is C12H14BrClOS. The molecular weight excluding hydrogens is 308 g/mol. The first kappa shape index (κ1) is 12.6. The molecule has 0 saturated heterocycles. The first-order valence-electron chi connectivity index (χ1n) is 5.59. The van der Waals surface area contributed by atoms with E-state index in [2.05, 4.69) is 22.9 Å². The van der Waals surface area contributed by atoms with Crippen LogP contribution in [-0.4, -0.2) is 5.78 Å². The second kappa shape index (κ2) is 4.79. The van der Waals surface area contributed by atoms with Gasteiger partial charge < -0.3 is 0 Å². The molecule has 0 bridgehead atoms. The maximum absolute atomic E-state index is 12.5. The van der Waals surface area contributed by atoms with Crippen LogP contribution >= 0.6 is 38.9 Å². The van der Waals surface area contributed by atoms with Gasteiger partial charge in [0.15, 0.2) is 5.78 Å². The average molecular weight is 322 g/mol. The summed E-state index contributed by atoms with van der Waals surface area (Å²) in [7, 11) is 0. The predicted molar refractivity (Wildman–Crippen MR) is 72.6 cm³/mol. The van der Waals surface area contributed by atoms with Crippen molar-refractivity contribution in [3.8, 4) is 0 Å². The van der Waals surface area contributed by atoms with E-state index in [9.17, 15) is 4.79 Å². The molecule has 16 heavy (non-hydrogen) atoms. The lowest BCUT2D eigenvalue weighted by Crippen LogP contribution is -2.26. The van der Waals surface area contributed by atoms with Gasteiger partial charge in [-0.15, -0.1) is 11.3 Å². The highest BCUT2D eigenvalue weighted by Crippen LogP contribution is 2.45. The number of carbonyl (C=O) groups excluding carboxylic acids is 1. The summed E-state index contributed by atoms with van der Waals surface area (Å²) in [6.45, 7) is 2.12. The summed E-state index contributed by atoms with van der Waals surface area (Å²) in [5.41, 5.74) is -0.104. The number of ketones is 1. The van der Waals surface area contributed by atoms with Gasteiger partial charge in [0.05, 0.1) is 4.88 Å². The maximum atomic E-state index is 12.5. The fourth-order valence-corrected chi connectivity index (χ4v) is 4.28. The van der Waals surface area contributed by atoms with Crippen LogP contribution in [0.25, 0.3) is 0 Å². The third kappa shape index (κ3) is 2.09. The molecule has 0 unspecified atom stereocenters. The lowest BCUT2D eigenvalue weighted by atomic mass is 9.78. The summed E-state index contributed by atoms with van der Waals surface area (Å²) in [5, 5.41) is 0. The molecule has 0 atom stereocenters. The van der Waals surface area contributed by atoms with Crippen molar-refractivity contribution in [3.05, 3.63) is 19.8 Å². The van der Waals surface area contributed by atoms with Crippen LogP contribution in [0.4, 0.5) is 0 Å². The average Bonchev–Trinajstić information content (AvgIpc) is 2.87. The van der Waals surface area contributed by atoms with Crippen molar-refractivity contribution in [2.45, 2.75) is 39.0 Å². The lowest BCUT2D eigenvalue weighted by Gasteiger charge is -2.24. The Bertz CT molecular complexity index is 388. The van der Waals surface area contributed by atoms with Crippen molar-refractivity contribution < 1.29 is 4.79 Å². The first-order chi connectivity index (χ1) is 7.59. The molecule has 0 N–H and O–H groups in total. The number of halogens is 2. The van der Waals surface area contributed by atoms with Gasteiger partial charge in [0, 0.05) is 9.89 Å². The van der Waals surface area contributed by atoms with Crippen molar-refractivity contribution in [1.29, 1.82) is 0 Å². The Balaban J connectivity index is 2.30. The SMILES string of the molecule is CCC1(C(=O)c2cc(Br)c(Cl)s2)CCCC1. The lowest BCUT2D eigenvalue weighted by molar-refractivity contribution is 0.0796. The standard InChI is InChI=1S/C12H14BrClOS/c1-2-12(5-3-4-6-12)10(15)9-7-8(13)11(14)16-9/h7H,2-6H2,1H3. The van der Waals surface area contributed by atoms with Gasteiger partial charge in [-0.25, -0.2) is 0 Å². The highest BCUT2D eigenvalue weighted by molar-refractivity contribution is 9.10. The van der Waals surface area contributed by atoms with E-state index in [0.717, 1.165) is 28.6 Å². The molecule has 1 aromatic heterocycles. The monoisotopic (exact) mass is 320 g/mol. The second-order valence-electron chi connectivity index (χ2n) is 4.40. The zero-order valence-corrected chi connectivity index (χ0v) is 12.3. The van der Waals surface area contributed by atoms with Crippen LogP contribution in [0, 0.1) is 5.41 Å². The normalized spacial score (nSPS) is 18.9. The maximum Gasteiger partial charge on any atom is 0.178 e. The molecule has 1 aromatic rings. The summed E-state index contributed by atoms with van der Waals surface area (Å²) in [5.74, 6) is 0.296. The fourth-order valence-electron chi connectivity index (χ4n) is 2.51. The number of Topliss-reactive ketones (excluding diaryl/α,β-unsaturated/α-hetero) is 1. The van der Waals surface area contributed by atoms with Gasteiger partial charge in [0.2, 0.25) is 0 Å². The minimum atomic E-state index is -0.104. The Labute approximate surface area is 113 Å². The Morgan fingerprint density at radius 2 is 2.19 bits per heavy atom. The Morgan fingerprint density at radius 3 is 2.62 bits per heavy atom. The van der Waals surface area contributed by atoms with E-state index in [-0.39, 0.29) is 5.41 Å². The molecule has 1 heterocycles. The summed E-state index contributed by atoms with van der Waals surface area (Å²) in [6, 6.07) is 1.87. The van der Waals surface area contributed by atoms with E-state index in [1.54, 1.807) is 0 Å². The van der Waals surface area contributed by atoms with Gasteiger partial charge in [0.25, 0.3) is 0 Å². The quantitative estimate of drug-likeness (QED) is 0.689. The molecule has 1 nitrogen and oxygen atoms in total. The fraction of sp³-hybridized carbons (Fsp3) is 0.583. The number of carbonyl (C=O) groups is 1. The van der Waals surface area contributed by atoms with Gasteiger partial charge >= 0.3 is 0 Å². The summed E-state index contributed by atoms with van der Waals surface area (Å²) >= 11 is 10.7. The van der Waals surface area contributed by atoms with E-state index in [0.29, 0.717) is 10.1 Å². The minimum absolute atomic E-state index is 0.104. The third-order valence-electron chi connectivity index (χ3n) is 3.59. The summed E-state index contributed by atoms with van der Waals surface area (Å²) in [4.78, 5) is 13.3. The van der Waals surface area contributed by atoms with Gasteiger partial charge in [-0.3, -0.25) is 4.79 Å². The van der Waals surface area contributed by atoms with Gasteiger partial charge in [-0.1, -0.05) is 31.4 Å². The van der Waals surface area contributed by atoms with Crippen molar-refractivity contribution in [1.82, 2.24) is 0 Å². The molecule has 1 fully saturated rings. The van der Waals surface area contributed by atoms with Crippen LogP contribution in [0.2, 0.25) is 4.34 Å². The zero-order chi connectivity index (χ0) is 11.8. The van der Waals surface area contributed by atoms with E-state index in [4.69, 9.17) is 11.6 Å². The van der Waals surface area contributed by atoms with E-state index in [1.165, 1.54) is 24.2 Å². The Kier molecular flexibility index (Phi) is 3.77. The molecule has 0 aliphatic heterocycles. The van der Waals surface area contributed by atoms with Crippen LogP contribution < -0.4 is 0 Å². The molecule has 0 radical (unpaired) electrons. The summed E-state index contributed by atoms with van der Waals surface area (Å²) in [6.07, 6.45) is 5.38. The molecule has 1 aliphatic rings.